The normalized spacial score (nSPS) is 21.6. The first-order valence-electron chi connectivity index (χ1n) is 6.18. The minimum atomic E-state index is 0.415. The average molecular weight is 425 g/mol. The molecule has 2 N–H and O–H groups in total. The van der Waals surface area contributed by atoms with Crippen LogP contribution in [0, 0.1) is 3.57 Å². The lowest BCUT2D eigenvalue weighted by atomic mass is 10.1. The highest BCUT2D eigenvalue weighted by molar-refractivity contribution is 14.1. The Hall–Kier alpha value is 0.150. The second kappa shape index (κ2) is 7.07. The van der Waals surface area contributed by atoms with Gasteiger partial charge in [-0.25, -0.2) is 0 Å². The Labute approximate surface area is 130 Å². The molecule has 0 bridgehead atoms. The van der Waals surface area contributed by atoms with E-state index in [1.54, 1.807) is 0 Å². The van der Waals surface area contributed by atoms with Crippen LogP contribution in [0.1, 0.15) is 13.3 Å². The molecule has 1 saturated heterocycles. The first kappa shape index (κ1) is 14.6. The third-order valence-corrected chi connectivity index (χ3v) is 4.33. The van der Waals surface area contributed by atoms with Crippen LogP contribution in [0.25, 0.3) is 0 Å². The van der Waals surface area contributed by atoms with Crippen LogP contribution in [-0.2, 0) is 4.74 Å². The Balaban J connectivity index is 1.89. The van der Waals surface area contributed by atoms with E-state index < -0.39 is 0 Å². The first-order valence-corrected chi connectivity index (χ1v) is 8.05. The van der Waals surface area contributed by atoms with Gasteiger partial charge in [0.15, 0.2) is 0 Å². The van der Waals surface area contributed by atoms with Crippen molar-refractivity contribution in [3.05, 3.63) is 26.2 Å². The minimum absolute atomic E-state index is 0.415. The lowest BCUT2D eigenvalue weighted by Gasteiger charge is -2.27. The summed E-state index contributed by atoms with van der Waals surface area (Å²) >= 11 is 5.91. The van der Waals surface area contributed by atoms with Gasteiger partial charge in [-0.2, -0.15) is 0 Å². The number of benzene rings is 1. The van der Waals surface area contributed by atoms with E-state index in [0.717, 1.165) is 36.3 Å². The van der Waals surface area contributed by atoms with Gasteiger partial charge in [-0.15, -0.1) is 0 Å². The van der Waals surface area contributed by atoms with Crippen LogP contribution in [0.4, 0.5) is 5.69 Å². The molecule has 2 atom stereocenters. The number of nitrogens with one attached hydrogen (secondary N) is 2. The van der Waals surface area contributed by atoms with Crippen molar-refractivity contribution in [3.63, 3.8) is 0 Å². The molecule has 0 amide bonds. The van der Waals surface area contributed by atoms with Gasteiger partial charge in [-0.05, 0) is 70.1 Å². The Bertz CT molecular complexity index is 397. The highest BCUT2D eigenvalue weighted by Crippen LogP contribution is 2.25. The number of halogens is 2. The summed E-state index contributed by atoms with van der Waals surface area (Å²) in [5.41, 5.74) is 1.16. The minimum Gasteiger partial charge on any atom is -0.382 e. The summed E-state index contributed by atoms with van der Waals surface area (Å²) in [6, 6.07) is 7.21. The molecule has 2 unspecified atom stereocenters. The van der Waals surface area contributed by atoms with Crippen molar-refractivity contribution < 1.29 is 4.74 Å². The topological polar surface area (TPSA) is 33.3 Å². The molecule has 1 heterocycles. The fraction of sp³-hybridized carbons (Fsp3) is 0.538. The van der Waals surface area contributed by atoms with Gasteiger partial charge in [0, 0.05) is 32.4 Å². The standard InChI is InChI=1S/C13H18BrIN2O/c1-9(6-11-8-18-5-4-16-11)17-13-7-10(15)2-3-12(13)14/h2-3,7,9,11,16-17H,4-6,8H2,1H3. The summed E-state index contributed by atoms with van der Waals surface area (Å²) in [5, 5.41) is 7.03. The SMILES string of the molecule is CC(CC1COCCN1)Nc1cc(I)ccc1Br. The second-order valence-electron chi connectivity index (χ2n) is 4.63. The van der Waals surface area contributed by atoms with E-state index in [1.165, 1.54) is 3.57 Å². The molecule has 0 saturated carbocycles. The summed E-state index contributed by atoms with van der Waals surface area (Å²) in [7, 11) is 0. The second-order valence-corrected chi connectivity index (χ2v) is 6.73. The average Bonchev–Trinajstić information content (AvgIpc) is 2.35. The van der Waals surface area contributed by atoms with Gasteiger partial charge in [0.05, 0.1) is 13.2 Å². The maximum atomic E-state index is 5.48. The first-order chi connectivity index (χ1) is 8.65. The number of anilines is 1. The molecule has 0 spiro atoms. The van der Waals surface area contributed by atoms with Crippen LogP contribution < -0.4 is 10.6 Å². The van der Waals surface area contributed by atoms with Crippen molar-refractivity contribution in [2.24, 2.45) is 0 Å². The maximum absolute atomic E-state index is 5.48. The van der Waals surface area contributed by atoms with Crippen LogP contribution in [0.15, 0.2) is 22.7 Å². The van der Waals surface area contributed by atoms with Gasteiger partial charge >= 0.3 is 0 Å². The molecule has 0 aliphatic carbocycles. The zero-order valence-electron chi connectivity index (χ0n) is 10.4. The van der Waals surface area contributed by atoms with E-state index >= 15 is 0 Å². The fourth-order valence-corrected chi connectivity index (χ4v) is 2.98. The summed E-state index contributed by atoms with van der Waals surface area (Å²) < 4.78 is 7.83. The molecule has 18 heavy (non-hydrogen) atoms. The van der Waals surface area contributed by atoms with Crippen LogP contribution in [0.2, 0.25) is 0 Å². The highest BCUT2D eigenvalue weighted by atomic mass is 127. The van der Waals surface area contributed by atoms with Crippen molar-refractivity contribution in [2.45, 2.75) is 25.4 Å². The zero-order valence-corrected chi connectivity index (χ0v) is 14.1. The zero-order chi connectivity index (χ0) is 13.0. The van der Waals surface area contributed by atoms with Gasteiger partial charge in [0.2, 0.25) is 0 Å². The van der Waals surface area contributed by atoms with Crippen molar-refractivity contribution in [1.29, 1.82) is 0 Å². The number of ether oxygens (including phenoxy) is 1. The van der Waals surface area contributed by atoms with E-state index in [1.807, 2.05) is 0 Å². The number of hydrogen-bond donors (Lipinski definition) is 2. The van der Waals surface area contributed by atoms with Gasteiger partial charge in [-0.1, -0.05) is 0 Å². The summed E-state index contributed by atoms with van der Waals surface area (Å²) in [6.07, 6.45) is 1.07. The van der Waals surface area contributed by atoms with E-state index in [4.69, 9.17) is 4.74 Å². The molecule has 5 heteroatoms. The van der Waals surface area contributed by atoms with E-state index in [-0.39, 0.29) is 0 Å². The Morgan fingerprint density at radius 2 is 2.44 bits per heavy atom. The van der Waals surface area contributed by atoms with Crippen LogP contribution >= 0.6 is 38.5 Å². The molecule has 2 rings (SSSR count). The lowest BCUT2D eigenvalue weighted by Crippen LogP contribution is -2.43. The molecule has 0 radical (unpaired) electrons. The highest BCUT2D eigenvalue weighted by Gasteiger charge is 2.16. The van der Waals surface area contributed by atoms with Crippen molar-refractivity contribution in [2.75, 3.05) is 25.1 Å². The van der Waals surface area contributed by atoms with Crippen molar-refractivity contribution in [3.8, 4) is 0 Å². The van der Waals surface area contributed by atoms with E-state index in [9.17, 15) is 0 Å². The molecule has 1 aromatic rings. The molecule has 1 aliphatic rings. The smallest absolute Gasteiger partial charge is 0.0621 e. The van der Waals surface area contributed by atoms with Crippen LogP contribution in [-0.4, -0.2) is 31.8 Å². The largest absolute Gasteiger partial charge is 0.382 e. The van der Waals surface area contributed by atoms with E-state index in [0.29, 0.717) is 12.1 Å². The molecule has 1 aromatic carbocycles. The monoisotopic (exact) mass is 424 g/mol. The molecule has 1 fully saturated rings. The summed E-state index contributed by atoms with van der Waals surface area (Å²) in [4.78, 5) is 0. The third kappa shape index (κ3) is 4.36. The Morgan fingerprint density at radius 1 is 1.61 bits per heavy atom. The third-order valence-electron chi connectivity index (χ3n) is 2.97. The molecular formula is C13H18BrIN2O. The van der Waals surface area contributed by atoms with Gasteiger partial charge in [0.1, 0.15) is 0 Å². The van der Waals surface area contributed by atoms with Gasteiger partial charge in [-0.3, -0.25) is 0 Å². The molecule has 3 nitrogen and oxygen atoms in total. The van der Waals surface area contributed by atoms with Crippen LogP contribution in [0.5, 0.6) is 0 Å². The summed E-state index contributed by atoms with van der Waals surface area (Å²) in [6.45, 7) is 4.83. The lowest BCUT2D eigenvalue weighted by molar-refractivity contribution is 0.0731. The number of hydrogen-bond acceptors (Lipinski definition) is 3. The maximum Gasteiger partial charge on any atom is 0.0621 e. The predicted octanol–water partition coefficient (Wildman–Crippen LogP) is 3.23. The predicted molar refractivity (Wildman–Crippen MR) is 87.2 cm³/mol. The molecular weight excluding hydrogens is 407 g/mol. The Morgan fingerprint density at radius 3 is 3.17 bits per heavy atom. The van der Waals surface area contributed by atoms with Gasteiger partial charge < -0.3 is 15.4 Å². The van der Waals surface area contributed by atoms with Gasteiger partial charge in [0.25, 0.3) is 0 Å². The Kier molecular flexibility index (Phi) is 5.72. The quantitative estimate of drug-likeness (QED) is 0.728. The number of morpholine rings is 1. The molecule has 1 aliphatic heterocycles. The van der Waals surface area contributed by atoms with Crippen molar-refractivity contribution >= 4 is 44.2 Å². The van der Waals surface area contributed by atoms with E-state index in [2.05, 4.69) is 74.3 Å². The van der Waals surface area contributed by atoms with Crippen molar-refractivity contribution in [1.82, 2.24) is 5.32 Å². The fourth-order valence-electron chi connectivity index (χ4n) is 2.13. The molecule has 0 aromatic heterocycles. The molecule has 100 valence electrons. The van der Waals surface area contributed by atoms with Crippen LogP contribution in [0.3, 0.4) is 0 Å². The summed E-state index contributed by atoms with van der Waals surface area (Å²) in [5.74, 6) is 0. The number of rotatable bonds is 4.